The number of carbonyl (C=O) groups excluding carboxylic acids is 1. The molecule has 0 amide bonds. The molecule has 0 bridgehead atoms. The minimum atomic E-state index is -0.641. The van der Waals surface area contributed by atoms with Gasteiger partial charge in [0.15, 0.2) is 17.2 Å². The summed E-state index contributed by atoms with van der Waals surface area (Å²) in [5.41, 5.74) is 1.74. The summed E-state index contributed by atoms with van der Waals surface area (Å²) in [5.74, 6) is 0.00527. The van der Waals surface area contributed by atoms with E-state index >= 15 is 0 Å². The Kier molecular flexibility index (Phi) is 6.63. The number of ether oxygens (including phenoxy) is 3. The number of carbonyl (C=O) groups is 1. The van der Waals surface area contributed by atoms with Crippen molar-refractivity contribution >= 4 is 23.6 Å². The maximum absolute atomic E-state index is 13.4. The molecule has 0 spiro atoms. The summed E-state index contributed by atoms with van der Waals surface area (Å²) < 4.78 is 30.1. The van der Waals surface area contributed by atoms with Gasteiger partial charge in [-0.3, -0.25) is 10.1 Å². The highest BCUT2D eigenvalue weighted by Crippen LogP contribution is 2.31. The van der Waals surface area contributed by atoms with E-state index in [4.69, 9.17) is 14.2 Å². The van der Waals surface area contributed by atoms with Crippen LogP contribution in [-0.2, 0) is 16.1 Å². The van der Waals surface area contributed by atoms with E-state index in [0.29, 0.717) is 34.8 Å². The predicted molar refractivity (Wildman–Crippen MR) is 122 cm³/mol. The van der Waals surface area contributed by atoms with Crippen molar-refractivity contribution in [3.8, 4) is 11.5 Å². The molecule has 0 atom stereocenters. The van der Waals surface area contributed by atoms with Crippen molar-refractivity contribution in [3.63, 3.8) is 0 Å². The van der Waals surface area contributed by atoms with Crippen molar-refractivity contribution in [2.24, 2.45) is 4.99 Å². The van der Waals surface area contributed by atoms with Gasteiger partial charge in [0.05, 0.1) is 11.5 Å². The Labute approximate surface area is 194 Å². The third-order valence-corrected chi connectivity index (χ3v) is 4.80. The number of rotatable bonds is 8. The molecule has 0 fully saturated rings. The molecule has 172 valence electrons. The second-order valence-corrected chi connectivity index (χ2v) is 7.20. The summed E-state index contributed by atoms with van der Waals surface area (Å²) in [7, 11) is 0. The second-order valence-electron chi connectivity index (χ2n) is 7.20. The molecule has 0 saturated heterocycles. The van der Waals surface area contributed by atoms with Crippen LogP contribution in [0.5, 0.6) is 11.5 Å². The predicted octanol–water partition coefficient (Wildman–Crippen LogP) is 5.06. The van der Waals surface area contributed by atoms with Crippen molar-refractivity contribution in [1.82, 2.24) is 0 Å². The number of esters is 1. The summed E-state index contributed by atoms with van der Waals surface area (Å²) in [6, 6.07) is 16.8. The summed E-state index contributed by atoms with van der Waals surface area (Å²) in [6.45, 7) is 2.38. The molecule has 0 aromatic heterocycles. The van der Waals surface area contributed by atoms with Gasteiger partial charge in [-0.2, -0.15) is 0 Å². The van der Waals surface area contributed by atoms with Crippen LogP contribution in [0.25, 0.3) is 6.08 Å². The van der Waals surface area contributed by atoms with E-state index < -0.39 is 10.9 Å². The molecule has 0 N–H and O–H groups in total. The monoisotopic (exact) mass is 462 g/mol. The first kappa shape index (κ1) is 22.7. The third kappa shape index (κ3) is 5.26. The lowest BCUT2D eigenvalue weighted by atomic mass is 10.1. The lowest BCUT2D eigenvalue weighted by Gasteiger charge is -2.13. The van der Waals surface area contributed by atoms with Gasteiger partial charge in [-0.1, -0.05) is 18.2 Å². The molecule has 1 aliphatic rings. The standard InChI is InChI=1S/C25H19FN2O6/c1-2-32-23-14-16(6-11-22(23)33-15-17-4-3-5-19(26)12-17)13-21-25(29)34-24(27-21)18-7-9-20(10-8-18)28(30)31/h3-14H,2,15H2,1H3/b21-13-. The topological polar surface area (TPSA) is 100 Å². The van der Waals surface area contributed by atoms with E-state index in [-0.39, 0.29) is 29.7 Å². The number of hydrogen-bond acceptors (Lipinski definition) is 7. The molecular formula is C25H19FN2O6. The number of nitrogens with zero attached hydrogens (tertiary/aromatic N) is 2. The fourth-order valence-electron chi connectivity index (χ4n) is 3.21. The normalized spacial score (nSPS) is 14.0. The van der Waals surface area contributed by atoms with Gasteiger partial charge in [0.25, 0.3) is 5.69 Å². The molecule has 0 radical (unpaired) electrons. The summed E-state index contributed by atoms with van der Waals surface area (Å²) >= 11 is 0. The Morgan fingerprint density at radius 1 is 1.06 bits per heavy atom. The first-order valence-electron chi connectivity index (χ1n) is 10.3. The molecule has 1 heterocycles. The second kappa shape index (κ2) is 9.95. The van der Waals surface area contributed by atoms with Gasteiger partial charge in [0.2, 0.25) is 5.90 Å². The Morgan fingerprint density at radius 2 is 1.85 bits per heavy atom. The molecule has 8 nitrogen and oxygen atoms in total. The number of non-ortho nitro benzene ring substituents is 1. The Balaban J connectivity index is 1.54. The van der Waals surface area contributed by atoms with Gasteiger partial charge in [-0.15, -0.1) is 0 Å². The minimum absolute atomic E-state index is 0.0613. The van der Waals surface area contributed by atoms with Crippen LogP contribution in [0.15, 0.2) is 77.4 Å². The molecule has 0 saturated carbocycles. The third-order valence-electron chi connectivity index (χ3n) is 4.80. The fraction of sp³-hybridized carbons (Fsp3) is 0.120. The molecule has 3 aromatic rings. The lowest BCUT2D eigenvalue weighted by Crippen LogP contribution is -2.05. The van der Waals surface area contributed by atoms with E-state index in [1.54, 1.807) is 36.4 Å². The Morgan fingerprint density at radius 3 is 2.56 bits per heavy atom. The Bertz CT molecular complexity index is 1300. The highest BCUT2D eigenvalue weighted by Gasteiger charge is 2.24. The van der Waals surface area contributed by atoms with Gasteiger partial charge in [-0.25, -0.2) is 14.2 Å². The van der Waals surface area contributed by atoms with Gasteiger partial charge in [0.1, 0.15) is 12.4 Å². The van der Waals surface area contributed by atoms with Gasteiger partial charge >= 0.3 is 5.97 Å². The lowest BCUT2D eigenvalue weighted by molar-refractivity contribution is -0.384. The first-order valence-corrected chi connectivity index (χ1v) is 10.3. The van der Waals surface area contributed by atoms with Crippen LogP contribution in [0.2, 0.25) is 0 Å². The summed E-state index contributed by atoms with van der Waals surface area (Å²) in [5, 5.41) is 10.8. The molecule has 34 heavy (non-hydrogen) atoms. The number of halogens is 1. The first-order chi connectivity index (χ1) is 16.4. The zero-order valence-electron chi connectivity index (χ0n) is 18.1. The average molecular weight is 462 g/mol. The fourth-order valence-corrected chi connectivity index (χ4v) is 3.21. The summed E-state index contributed by atoms with van der Waals surface area (Å²) in [4.78, 5) is 26.8. The van der Waals surface area contributed by atoms with E-state index in [9.17, 15) is 19.3 Å². The number of nitro groups is 1. The number of aliphatic imine (C=N–C) groups is 1. The SMILES string of the molecule is CCOc1cc(/C=C2\N=C(c3ccc([N+](=O)[O-])cc3)OC2=O)ccc1OCc1cccc(F)c1. The van der Waals surface area contributed by atoms with Crippen molar-refractivity contribution in [2.45, 2.75) is 13.5 Å². The Hall–Kier alpha value is -4.53. The number of nitro benzene ring substituents is 1. The molecule has 4 rings (SSSR count). The largest absolute Gasteiger partial charge is 0.490 e. The van der Waals surface area contributed by atoms with Crippen LogP contribution in [0.3, 0.4) is 0 Å². The average Bonchev–Trinajstić information content (AvgIpc) is 3.19. The van der Waals surface area contributed by atoms with Crippen LogP contribution in [0, 0.1) is 15.9 Å². The molecule has 9 heteroatoms. The number of cyclic esters (lactones) is 1. The van der Waals surface area contributed by atoms with Crippen molar-refractivity contribution in [1.29, 1.82) is 0 Å². The van der Waals surface area contributed by atoms with E-state index in [2.05, 4.69) is 4.99 Å². The number of hydrogen-bond donors (Lipinski definition) is 0. The highest BCUT2D eigenvalue weighted by molar-refractivity contribution is 6.12. The highest BCUT2D eigenvalue weighted by atomic mass is 19.1. The molecular weight excluding hydrogens is 443 g/mol. The number of benzene rings is 3. The van der Waals surface area contributed by atoms with Crippen LogP contribution in [0.4, 0.5) is 10.1 Å². The maximum Gasteiger partial charge on any atom is 0.363 e. The molecule has 0 aliphatic carbocycles. The molecule has 1 aliphatic heterocycles. The summed E-state index contributed by atoms with van der Waals surface area (Å²) in [6.07, 6.45) is 1.54. The maximum atomic E-state index is 13.4. The van der Waals surface area contributed by atoms with Crippen LogP contribution in [0.1, 0.15) is 23.6 Å². The van der Waals surface area contributed by atoms with E-state index in [1.165, 1.54) is 36.4 Å². The van der Waals surface area contributed by atoms with Crippen LogP contribution < -0.4 is 9.47 Å². The van der Waals surface area contributed by atoms with Crippen molar-refractivity contribution < 1.29 is 28.3 Å². The van der Waals surface area contributed by atoms with E-state index in [1.807, 2.05) is 6.92 Å². The molecule has 0 unspecified atom stereocenters. The van der Waals surface area contributed by atoms with Gasteiger partial charge in [0, 0.05) is 17.7 Å². The van der Waals surface area contributed by atoms with Crippen LogP contribution in [-0.4, -0.2) is 23.4 Å². The quantitative estimate of drug-likeness (QED) is 0.201. The van der Waals surface area contributed by atoms with Gasteiger partial charge in [-0.05, 0) is 60.5 Å². The smallest absolute Gasteiger partial charge is 0.363 e. The molecule has 3 aromatic carbocycles. The van der Waals surface area contributed by atoms with E-state index in [0.717, 1.165) is 0 Å². The van der Waals surface area contributed by atoms with Gasteiger partial charge < -0.3 is 14.2 Å². The zero-order chi connectivity index (χ0) is 24.1. The van der Waals surface area contributed by atoms with Crippen LogP contribution >= 0.6 is 0 Å². The zero-order valence-corrected chi connectivity index (χ0v) is 18.1. The van der Waals surface area contributed by atoms with Crippen molar-refractivity contribution in [2.75, 3.05) is 6.61 Å². The van der Waals surface area contributed by atoms with Crippen molar-refractivity contribution in [3.05, 3.63) is 105 Å². The minimum Gasteiger partial charge on any atom is -0.490 e.